The number of oxazole rings is 1. The van der Waals surface area contributed by atoms with Gasteiger partial charge in [0.25, 0.3) is 0 Å². The van der Waals surface area contributed by atoms with E-state index < -0.39 is 0 Å². The Morgan fingerprint density at radius 3 is 2.04 bits per heavy atom. The first kappa shape index (κ1) is 31.2. The van der Waals surface area contributed by atoms with Crippen LogP contribution in [0.3, 0.4) is 0 Å². The lowest BCUT2D eigenvalue weighted by atomic mass is 10.0. The van der Waals surface area contributed by atoms with E-state index in [1.165, 1.54) is 31.1 Å². The van der Waals surface area contributed by atoms with Crippen LogP contribution in [0, 0.1) is 0 Å². The summed E-state index contributed by atoms with van der Waals surface area (Å²) in [6.07, 6.45) is 0. The predicted molar refractivity (Wildman–Crippen MR) is 235 cm³/mol. The number of furan rings is 1. The van der Waals surface area contributed by atoms with Crippen LogP contribution in [0.4, 0.5) is 17.1 Å². The van der Waals surface area contributed by atoms with E-state index in [-0.39, 0.29) is 0 Å². The summed E-state index contributed by atoms with van der Waals surface area (Å²) in [4.78, 5) is 7.45. The van der Waals surface area contributed by atoms with Crippen molar-refractivity contribution in [2.75, 3.05) is 4.90 Å². The first-order valence-corrected chi connectivity index (χ1v) is 19.6. The molecule has 0 unspecified atom stereocenters. The SMILES string of the molecule is c1ccc(-c2cccc(N(c3ccc4c(c3)sc3cccc(-c5nc6c(ccc7ccccc76)o5)c34)c3ccc4oc5cc6ccccc6cc5c4c3)c2)cc1. The summed E-state index contributed by atoms with van der Waals surface area (Å²) >= 11 is 1.80. The van der Waals surface area contributed by atoms with E-state index in [0.29, 0.717) is 5.89 Å². The van der Waals surface area contributed by atoms with Crippen LogP contribution in [0.1, 0.15) is 0 Å². The van der Waals surface area contributed by atoms with Crippen molar-refractivity contribution in [1.29, 1.82) is 0 Å². The Balaban J connectivity index is 1.04. The van der Waals surface area contributed by atoms with Crippen molar-refractivity contribution in [1.82, 2.24) is 4.98 Å². The van der Waals surface area contributed by atoms with E-state index in [1.807, 2.05) is 6.07 Å². The summed E-state index contributed by atoms with van der Waals surface area (Å²) in [5.41, 5.74) is 9.98. The van der Waals surface area contributed by atoms with Gasteiger partial charge >= 0.3 is 0 Å². The van der Waals surface area contributed by atoms with E-state index in [0.717, 1.165) is 77.4 Å². The van der Waals surface area contributed by atoms with Crippen LogP contribution in [0.5, 0.6) is 0 Å². The van der Waals surface area contributed by atoms with Gasteiger partial charge in [0.2, 0.25) is 5.89 Å². The van der Waals surface area contributed by atoms with E-state index in [4.69, 9.17) is 13.8 Å². The van der Waals surface area contributed by atoms with Crippen molar-refractivity contribution in [2.45, 2.75) is 0 Å². The average molecular weight is 735 g/mol. The lowest BCUT2D eigenvalue weighted by molar-refractivity contribution is 0.621. The molecule has 0 aliphatic carbocycles. The van der Waals surface area contributed by atoms with Gasteiger partial charge in [-0.1, -0.05) is 109 Å². The fourth-order valence-corrected chi connectivity index (χ4v) is 9.57. The van der Waals surface area contributed by atoms with E-state index >= 15 is 0 Å². The fraction of sp³-hybridized carbons (Fsp3) is 0. The molecular formula is C51H30N2O2S. The van der Waals surface area contributed by atoms with Crippen LogP contribution in [0.25, 0.3) is 97.3 Å². The number of hydrogen-bond donors (Lipinski definition) is 0. The third-order valence-corrected chi connectivity index (χ3v) is 12.2. The van der Waals surface area contributed by atoms with Crippen molar-refractivity contribution in [3.05, 3.63) is 182 Å². The lowest BCUT2D eigenvalue weighted by Crippen LogP contribution is -2.09. The molecule has 0 aliphatic rings. The Hall–Kier alpha value is -7.21. The average Bonchev–Trinajstić information content (AvgIpc) is 3.96. The molecule has 12 rings (SSSR count). The summed E-state index contributed by atoms with van der Waals surface area (Å²) in [7, 11) is 0. The smallest absolute Gasteiger partial charge is 0.228 e. The van der Waals surface area contributed by atoms with Gasteiger partial charge in [-0.15, -0.1) is 11.3 Å². The fourth-order valence-electron chi connectivity index (χ4n) is 8.40. The Morgan fingerprint density at radius 1 is 0.411 bits per heavy atom. The molecule has 0 aliphatic heterocycles. The molecule has 0 radical (unpaired) electrons. The van der Waals surface area contributed by atoms with E-state index in [1.54, 1.807) is 11.3 Å². The predicted octanol–water partition coefficient (Wildman–Crippen LogP) is 15.2. The highest BCUT2D eigenvalue weighted by Gasteiger charge is 2.20. The molecular weight excluding hydrogens is 705 g/mol. The van der Waals surface area contributed by atoms with Crippen molar-refractivity contribution in [3.8, 4) is 22.6 Å². The third kappa shape index (κ3) is 4.88. The Bertz CT molecular complexity index is 3500. The van der Waals surface area contributed by atoms with Gasteiger partial charge < -0.3 is 13.7 Å². The topological polar surface area (TPSA) is 42.4 Å². The maximum atomic E-state index is 6.47. The maximum Gasteiger partial charge on any atom is 0.228 e. The zero-order chi connectivity index (χ0) is 36.7. The van der Waals surface area contributed by atoms with Crippen LogP contribution in [0.15, 0.2) is 191 Å². The van der Waals surface area contributed by atoms with Gasteiger partial charge in [0, 0.05) is 59.0 Å². The zero-order valence-corrected chi connectivity index (χ0v) is 30.8. The highest BCUT2D eigenvalue weighted by molar-refractivity contribution is 7.26. The van der Waals surface area contributed by atoms with Crippen molar-refractivity contribution in [2.24, 2.45) is 0 Å². The van der Waals surface area contributed by atoms with Gasteiger partial charge in [0.05, 0.1) is 0 Å². The number of rotatable bonds is 5. The Morgan fingerprint density at radius 2 is 1.12 bits per heavy atom. The Labute approximate surface area is 325 Å². The second kappa shape index (κ2) is 12.2. The molecule has 262 valence electrons. The van der Waals surface area contributed by atoms with E-state index in [2.05, 4.69) is 181 Å². The number of anilines is 3. The van der Waals surface area contributed by atoms with Gasteiger partial charge in [0.1, 0.15) is 16.7 Å². The maximum absolute atomic E-state index is 6.47. The monoisotopic (exact) mass is 734 g/mol. The standard InChI is InChI=1S/C51H30N2O2S/c1-2-10-31(11-3-1)33-15-8-16-36(26-33)53(37-22-25-44-43(29-37)42-27-34-13-4-5-14-35(34)28-46(42)54-44)38-21-23-40-48(30-38)56-47-19-9-18-41(49(40)47)51-52-50-39-17-7-6-12-32(39)20-24-45(50)55-51/h1-30H. The minimum absolute atomic E-state index is 0.638. The summed E-state index contributed by atoms with van der Waals surface area (Å²) in [6.45, 7) is 0. The summed E-state index contributed by atoms with van der Waals surface area (Å²) in [6, 6.07) is 64.5. The van der Waals surface area contributed by atoms with Crippen LogP contribution < -0.4 is 4.90 Å². The number of nitrogens with zero attached hydrogens (tertiary/aromatic N) is 2. The van der Waals surface area contributed by atoms with Gasteiger partial charge in [-0.2, -0.15) is 0 Å². The first-order chi connectivity index (χ1) is 27.7. The van der Waals surface area contributed by atoms with Crippen LogP contribution in [-0.2, 0) is 0 Å². The van der Waals surface area contributed by atoms with Crippen molar-refractivity contribution in [3.63, 3.8) is 0 Å². The molecule has 4 nitrogen and oxygen atoms in total. The zero-order valence-electron chi connectivity index (χ0n) is 29.9. The van der Waals surface area contributed by atoms with Gasteiger partial charge in [-0.05, 0) is 100 Å². The second-order valence-corrected chi connectivity index (χ2v) is 15.4. The van der Waals surface area contributed by atoms with Gasteiger partial charge in [0.15, 0.2) is 5.58 Å². The van der Waals surface area contributed by atoms with Crippen molar-refractivity contribution < 1.29 is 8.83 Å². The van der Waals surface area contributed by atoms with Crippen LogP contribution >= 0.6 is 11.3 Å². The first-order valence-electron chi connectivity index (χ1n) is 18.8. The molecule has 0 N–H and O–H groups in total. The molecule has 0 fully saturated rings. The number of benzene rings is 9. The molecule has 0 spiro atoms. The third-order valence-electron chi connectivity index (χ3n) is 11.0. The molecule has 56 heavy (non-hydrogen) atoms. The normalized spacial score (nSPS) is 11.9. The molecule has 0 amide bonds. The molecule has 0 bridgehead atoms. The summed E-state index contributed by atoms with van der Waals surface area (Å²) in [5, 5.41) is 9.15. The molecule has 5 heteroatoms. The number of fused-ring (bicyclic) bond motifs is 10. The highest BCUT2D eigenvalue weighted by Crippen LogP contribution is 2.45. The molecule has 0 saturated heterocycles. The molecule has 9 aromatic carbocycles. The van der Waals surface area contributed by atoms with Crippen LogP contribution in [0.2, 0.25) is 0 Å². The molecule has 0 atom stereocenters. The minimum Gasteiger partial charge on any atom is -0.456 e. The van der Waals surface area contributed by atoms with Gasteiger partial charge in [-0.3, -0.25) is 0 Å². The number of thiophene rings is 1. The van der Waals surface area contributed by atoms with E-state index in [9.17, 15) is 0 Å². The molecule has 3 aromatic heterocycles. The minimum atomic E-state index is 0.638. The molecule has 3 heterocycles. The highest BCUT2D eigenvalue weighted by atomic mass is 32.1. The largest absolute Gasteiger partial charge is 0.456 e. The molecule has 12 aromatic rings. The summed E-state index contributed by atoms with van der Waals surface area (Å²) < 4.78 is 15.3. The second-order valence-electron chi connectivity index (χ2n) is 14.3. The Kier molecular flexibility index (Phi) is 6.76. The van der Waals surface area contributed by atoms with Gasteiger partial charge in [-0.25, -0.2) is 4.98 Å². The van der Waals surface area contributed by atoms with Crippen LogP contribution in [-0.4, -0.2) is 4.98 Å². The lowest BCUT2D eigenvalue weighted by Gasteiger charge is -2.26. The quantitative estimate of drug-likeness (QED) is 0.177. The molecule has 0 saturated carbocycles. The van der Waals surface area contributed by atoms with Crippen molar-refractivity contribution >= 4 is 103 Å². The number of hydrogen-bond acceptors (Lipinski definition) is 5. The number of aromatic nitrogens is 1. The summed E-state index contributed by atoms with van der Waals surface area (Å²) in [5.74, 6) is 0.638.